The zero-order valence-electron chi connectivity index (χ0n) is 78.2. The van der Waals surface area contributed by atoms with E-state index in [4.69, 9.17) is 121 Å². The first-order valence-corrected chi connectivity index (χ1v) is 51.9. The Morgan fingerprint density at radius 3 is 1.19 bits per heavy atom. The topological polar surface area (TPSA) is 387 Å². The molecule has 19 rings (SSSR count). The first kappa shape index (κ1) is 109. The number of nitrogens with one attached hydrogen (secondary N) is 3. The molecule has 0 radical (unpaired) electrons. The zero-order chi connectivity index (χ0) is 104. The molecule has 1 saturated heterocycles. The predicted molar refractivity (Wildman–Crippen MR) is 567 cm³/mol. The van der Waals surface area contributed by atoms with Gasteiger partial charge < -0.3 is 64.3 Å². The van der Waals surface area contributed by atoms with Crippen molar-refractivity contribution in [2.75, 3.05) is 39.0 Å². The average molecular weight is 2270 g/mol. The minimum Gasteiger partial charge on any atom is -0.478 e. The van der Waals surface area contributed by atoms with Gasteiger partial charge in [0.15, 0.2) is 27.2 Å². The summed E-state index contributed by atoms with van der Waals surface area (Å²) in [5, 5.41) is 32.5. The first-order chi connectivity index (χ1) is 69.0. The highest BCUT2D eigenvalue weighted by molar-refractivity contribution is 9.10. The van der Waals surface area contributed by atoms with Gasteiger partial charge in [-0.25, -0.2) is 18.0 Å². The summed E-state index contributed by atoms with van der Waals surface area (Å²) in [4.78, 5) is 140. The minimum absolute atomic E-state index is 0.0278. The van der Waals surface area contributed by atoms with E-state index >= 15 is 0 Å². The summed E-state index contributed by atoms with van der Waals surface area (Å²) in [5.41, 5.74) is 17.7. The van der Waals surface area contributed by atoms with Crippen molar-refractivity contribution in [3.05, 3.63) is 363 Å². The van der Waals surface area contributed by atoms with Gasteiger partial charge in [-0.05, 0) is 263 Å². The van der Waals surface area contributed by atoms with Gasteiger partial charge >= 0.3 is 11.9 Å². The maximum atomic E-state index is 13.3. The number of nitrogens with zero attached hydrogens (tertiary/aromatic N) is 3. The molecule has 26 nitrogen and oxygen atoms in total. The number of furan rings is 4. The number of aromatic carboxylic acids is 2. The maximum absolute atomic E-state index is 13.3. The number of amides is 5. The Morgan fingerprint density at radius 2 is 0.821 bits per heavy atom. The van der Waals surface area contributed by atoms with E-state index in [1.54, 1.807) is 118 Å². The lowest BCUT2D eigenvalue weighted by Crippen LogP contribution is -2.42. The molecule has 37 heteroatoms. The predicted octanol–water partition coefficient (Wildman–Crippen LogP) is 23.0. The van der Waals surface area contributed by atoms with Gasteiger partial charge in [-0.15, -0.1) is 0 Å². The van der Waals surface area contributed by atoms with Gasteiger partial charge in [-0.2, -0.15) is 0 Å². The van der Waals surface area contributed by atoms with E-state index < -0.39 is 45.7 Å². The summed E-state index contributed by atoms with van der Waals surface area (Å²) in [6.07, 6.45) is 12.7. The number of fused-ring (bicyclic) bond motifs is 8. The molecule has 4 aliphatic heterocycles. The SMILES string of the molecule is CC(=O)C1=C(Cl)C2CCNCC2C=C1Cl.CC(=O)[C@@H](N)Cc1cccc(Br)c1.CC(=O)[C@H](Cc1cccc(Br)c1)NC(=O)c1c(Cl)cc2c(c1Cl)CCN(C(=O)c1ccc3ccoc3c1)C2.CC(=O)[C@H](Cc1cccc(S(C)(=O)=O)c1)NC(=O)c1c(Cl)cc2c(c1Cl)CCN(C(=O)c1ccc3ccoc3c1)C2.O=C(O)c1c(Cl)cc2c(c1Cl)CCN(C(=O)c1ccc3ccoc3c1)C2.O=C(O)c1ccc2ccoc2c1. The standard InChI is InChI=1S/C30H26Cl2N2O6S.C29H23BrCl2N2O4.C19H13Cl2NO4.C11H13Cl2NO.C10H12BrNO.C9H6O3/c1-17(35)25(13-18-4-3-5-22(12-18)41(2,38)39)33-29(36)27-24(31)14-21-16-34(10-8-23(21)28(27)32)30(37)20-7-6-19-9-11-40-26(19)15-20;1-16(35)24(12-17-3-2-4-21(30)11-17)33-28(36)26-23(31)13-20-15-34(9-7-22(20)27(26)32)29(37)19-6-5-18-8-10-38-25(18)14-19;20-14-7-12-9-22(5-3-13(12)17(21)16(14)19(24)25)18(23)11-2-1-10-4-6-26-15(10)8-11;1-6(15)10-9(12)4-7-5-14-3-2-8(7)11(10)13;1-7(13)10(12)6-8-3-2-4-9(11)5-8;10-9(11)7-2-1-6-3-4-12-8(6)5-7/h3-7,9,11-12,14-15,25H,8,10,13,16H2,1-2H3,(H,33,36);2-6,8,10-11,13-14,24H,7,9,12,15H2,1H3,(H,33,36);1-2,4,6-8H,3,5,9H2,(H,24,25);4,7-8,14H,2-3,5H2,1H3;2-5,10H,6,12H2,1H3;1-5H,(H,10,11)/t25-;24-;;;10-;/m00..0./s1. The van der Waals surface area contributed by atoms with Crippen LogP contribution in [0.5, 0.6) is 0 Å². The summed E-state index contributed by atoms with van der Waals surface area (Å²) in [6.45, 7) is 9.81. The van der Waals surface area contributed by atoms with Gasteiger partial charge in [0.05, 0.1) is 106 Å². The van der Waals surface area contributed by atoms with Crippen LogP contribution in [-0.4, -0.2) is 155 Å². The van der Waals surface area contributed by atoms with Crippen LogP contribution in [0.2, 0.25) is 30.1 Å². The Morgan fingerprint density at radius 1 is 0.455 bits per heavy atom. The van der Waals surface area contributed by atoms with Crippen LogP contribution in [0, 0.1) is 11.8 Å². The fraction of sp³-hybridized carbons (Fsp3) is 0.231. The van der Waals surface area contributed by atoms with Crippen LogP contribution < -0.4 is 21.7 Å². The number of ketones is 4. The Hall–Kier alpha value is -12.0. The second-order valence-electron chi connectivity index (χ2n) is 35.1. The molecular weight excluding hydrogens is 2170 g/mol. The first-order valence-electron chi connectivity index (χ1n) is 45.4. The number of carboxylic acids is 2. The number of rotatable bonds is 20. The highest BCUT2D eigenvalue weighted by atomic mass is 79.9. The number of carboxylic acid groups (broad SMARTS) is 2. The quantitative estimate of drug-likeness (QED) is 0.0413. The molecule has 1 fully saturated rings. The summed E-state index contributed by atoms with van der Waals surface area (Å²) < 4.78 is 47.0. The number of piperidine rings is 1. The molecule has 7 N–H and O–H groups in total. The minimum atomic E-state index is -3.44. The molecule has 5 amide bonds. The molecule has 14 aromatic rings. The smallest absolute Gasteiger partial charge is 0.338 e. The number of sulfone groups is 1. The lowest BCUT2D eigenvalue weighted by molar-refractivity contribution is -0.119. The van der Waals surface area contributed by atoms with E-state index in [1.165, 1.54) is 52.2 Å². The molecule has 0 bridgehead atoms. The second kappa shape index (κ2) is 48.1. The van der Waals surface area contributed by atoms with Crippen molar-refractivity contribution in [3.63, 3.8) is 0 Å². The van der Waals surface area contributed by atoms with Gasteiger partial charge in [0.25, 0.3) is 29.5 Å². The molecule has 145 heavy (non-hydrogen) atoms. The fourth-order valence-corrected chi connectivity index (χ4v) is 22.2. The summed E-state index contributed by atoms with van der Waals surface area (Å²) >= 11 is 57.9. The van der Waals surface area contributed by atoms with Gasteiger partial charge in [0.2, 0.25) is 0 Å². The highest BCUT2D eigenvalue weighted by Gasteiger charge is 2.37. The van der Waals surface area contributed by atoms with Crippen molar-refractivity contribution >= 4 is 243 Å². The number of carbonyl (C=O) groups excluding carboxylic acids is 9. The zero-order valence-corrected chi connectivity index (χ0v) is 88.3. The Labute approximate surface area is 889 Å². The number of hydrogen-bond donors (Lipinski definition) is 6. The van der Waals surface area contributed by atoms with Crippen molar-refractivity contribution in [2.45, 2.75) is 115 Å². The number of hydrogen-bond acceptors (Lipinski definition) is 19. The molecule has 1 aliphatic carbocycles. The van der Waals surface area contributed by atoms with Crippen LogP contribution in [-0.2, 0) is 87.2 Å². The number of carbonyl (C=O) groups is 11. The third kappa shape index (κ3) is 26.5. The number of benzene rings is 10. The second-order valence-corrected chi connectivity index (χ2v) is 42.1. The van der Waals surface area contributed by atoms with Crippen molar-refractivity contribution in [1.82, 2.24) is 30.7 Å². The average Bonchev–Trinajstić information content (AvgIpc) is 1.24. The Bertz CT molecular complexity index is 7670. The molecule has 2 unspecified atom stereocenters. The van der Waals surface area contributed by atoms with Gasteiger partial charge in [0, 0.05) is 115 Å². The monoisotopic (exact) mass is 2260 g/mol. The number of nitrogens with two attached hydrogens (primary N) is 1. The Kier molecular flexibility index (Phi) is 36.0. The van der Waals surface area contributed by atoms with Crippen LogP contribution in [0.3, 0.4) is 0 Å². The molecule has 4 aromatic heterocycles. The van der Waals surface area contributed by atoms with Crippen molar-refractivity contribution in [2.24, 2.45) is 17.6 Å². The van der Waals surface area contributed by atoms with Crippen LogP contribution in [0.25, 0.3) is 43.9 Å². The van der Waals surface area contributed by atoms with E-state index in [1.807, 2.05) is 91.0 Å². The van der Waals surface area contributed by atoms with Crippen LogP contribution in [0.15, 0.2) is 266 Å². The van der Waals surface area contributed by atoms with Crippen LogP contribution in [0.1, 0.15) is 157 Å². The van der Waals surface area contributed by atoms with Crippen molar-refractivity contribution in [1.29, 1.82) is 0 Å². The molecule has 5 aliphatic rings. The lowest BCUT2D eigenvalue weighted by Gasteiger charge is -2.34. The molecule has 10 aromatic carbocycles. The largest absolute Gasteiger partial charge is 0.478 e. The number of allylic oxidation sites excluding steroid dienone is 3. The molecular formula is C108H93Br2Cl8N7O19S. The Balaban J connectivity index is 0.000000146. The van der Waals surface area contributed by atoms with Crippen molar-refractivity contribution < 1.29 is 89.0 Å². The van der Waals surface area contributed by atoms with E-state index in [0.717, 1.165) is 95.2 Å². The molecule has 0 saturated carbocycles. The van der Waals surface area contributed by atoms with E-state index in [-0.39, 0.29) is 123 Å². The molecule has 8 heterocycles. The van der Waals surface area contributed by atoms with Gasteiger partial charge in [0.1, 0.15) is 28.1 Å². The highest BCUT2D eigenvalue weighted by Crippen LogP contribution is 2.43. The van der Waals surface area contributed by atoms with E-state index in [9.17, 15) is 66.3 Å². The normalized spacial score (nSPS) is 15.2. The fourth-order valence-electron chi connectivity index (χ4n) is 17.4. The molecule has 5 atom stereocenters. The van der Waals surface area contributed by atoms with Crippen LogP contribution >= 0.6 is 125 Å². The molecule has 0 spiro atoms. The summed E-state index contributed by atoms with van der Waals surface area (Å²) in [7, 11) is -3.44. The van der Waals surface area contributed by atoms with Gasteiger partial charge in [-0.3, -0.25) is 43.2 Å². The number of halogens is 10. The third-order valence-corrected chi connectivity index (χ3v) is 30.2. The summed E-state index contributed by atoms with van der Waals surface area (Å²) in [5.74, 6) is -3.53. The maximum Gasteiger partial charge on any atom is 0.338 e. The molecule has 750 valence electrons. The van der Waals surface area contributed by atoms with Crippen LogP contribution in [0.4, 0.5) is 0 Å². The summed E-state index contributed by atoms with van der Waals surface area (Å²) in [6, 6.07) is 52.6. The third-order valence-electron chi connectivity index (χ3n) is 25.2. The van der Waals surface area contributed by atoms with Crippen molar-refractivity contribution in [3.8, 4) is 0 Å². The number of Topliss-reactive ketones (excluding diaryl/α,β-unsaturated/α-hetero) is 4. The van der Waals surface area contributed by atoms with Gasteiger partial charge in [-0.1, -0.05) is 191 Å². The van der Waals surface area contributed by atoms with E-state index in [0.29, 0.717) is 137 Å². The van der Waals surface area contributed by atoms with E-state index in [2.05, 4.69) is 47.8 Å². The lowest BCUT2D eigenvalue weighted by atomic mass is 9.80.